The molecule has 6 rings (SSSR count). The number of hydrogen-bond donors (Lipinski definition) is 1. The fourth-order valence-electron chi connectivity index (χ4n) is 4.51. The van der Waals surface area contributed by atoms with Crippen molar-refractivity contribution in [3.8, 4) is 11.1 Å². The summed E-state index contributed by atoms with van der Waals surface area (Å²) in [7, 11) is 0. The maximum atomic E-state index is 13.3. The molecule has 5 aromatic rings. The predicted octanol–water partition coefficient (Wildman–Crippen LogP) is 6.27. The van der Waals surface area contributed by atoms with Crippen LogP contribution in [0, 0.1) is 6.92 Å². The third kappa shape index (κ3) is 3.12. The molecule has 0 bridgehead atoms. The van der Waals surface area contributed by atoms with Crippen molar-refractivity contribution in [3.63, 3.8) is 0 Å². The summed E-state index contributed by atoms with van der Waals surface area (Å²) in [6.07, 6.45) is 0. The number of aliphatic hydroxyl groups is 1. The SMILES string of the molecule is Cc1ccc(/C(O)=C2\c3ccccc3Cn3c2nc(=O)c2c(-c4ccccc4)csc23)cc1. The molecule has 0 saturated carbocycles. The summed E-state index contributed by atoms with van der Waals surface area (Å²) in [5, 5.41) is 14.1. The Bertz CT molecular complexity index is 1610. The quantitative estimate of drug-likeness (QED) is 0.318. The van der Waals surface area contributed by atoms with E-state index in [0.29, 0.717) is 28.9 Å². The lowest BCUT2D eigenvalue weighted by molar-refractivity contribution is 0.512. The van der Waals surface area contributed by atoms with Gasteiger partial charge in [0, 0.05) is 16.5 Å². The Morgan fingerprint density at radius 3 is 2.45 bits per heavy atom. The van der Waals surface area contributed by atoms with Gasteiger partial charge in [-0.2, -0.15) is 4.98 Å². The van der Waals surface area contributed by atoms with Gasteiger partial charge in [-0.3, -0.25) is 4.79 Å². The van der Waals surface area contributed by atoms with Crippen molar-refractivity contribution in [2.75, 3.05) is 0 Å². The van der Waals surface area contributed by atoms with Crippen molar-refractivity contribution in [1.29, 1.82) is 0 Å². The minimum atomic E-state index is -0.273. The second-order valence-corrected chi connectivity index (χ2v) is 9.13. The van der Waals surface area contributed by atoms with Gasteiger partial charge in [0.05, 0.1) is 17.5 Å². The van der Waals surface area contributed by atoms with Gasteiger partial charge in [0.1, 0.15) is 16.4 Å². The van der Waals surface area contributed by atoms with Crippen molar-refractivity contribution < 1.29 is 5.11 Å². The Kier molecular flexibility index (Phi) is 4.52. The van der Waals surface area contributed by atoms with E-state index in [2.05, 4.69) is 15.6 Å². The van der Waals surface area contributed by atoms with Gasteiger partial charge in [0.15, 0.2) is 0 Å². The Balaban J connectivity index is 1.67. The minimum absolute atomic E-state index is 0.127. The molecule has 1 aliphatic heterocycles. The van der Waals surface area contributed by atoms with Crippen molar-refractivity contribution >= 4 is 32.9 Å². The molecule has 0 fully saturated rings. The van der Waals surface area contributed by atoms with E-state index in [1.54, 1.807) is 11.3 Å². The van der Waals surface area contributed by atoms with Gasteiger partial charge in [-0.15, -0.1) is 11.3 Å². The largest absolute Gasteiger partial charge is 0.507 e. The lowest BCUT2D eigenvalue weighted by Gasteiger charge is -2.25. The lowest BCUT2D eigenvalue weighted by Crippen LogP contribution is -2.23. The van der Waals surface area contributed by atoms with Gasteiger partial charge in [-0.1, -0.05) is 84.4 Å². The molecule has 33 heavy (non-hydrogen) atoms. The van der Waals surface area contributed by atoms with E-state index in [0.717, 1.165) is 32.6 Å². The van der Waals surface area contributed by atoms with Crippen LogP contribution in [0.25, 0.3) is 32.7 Å². The molecule has 3 heterocycles. The average molecular weight is 449 g/mol. The number of aromatic nitrogens is 2. The molecule has 0 radical (unpaired) electrons. The number of thiophene rings is 1. The summed E-state index contributed by atoms with van der Waals surface area (Å²) in [6.45, 7) is 2.60. The first-order valence-corrected chi connectivity index (χ1v) is 11.7. The van der Waals surface area contributed by atoms with Crippen molar-refractivity contribution in [2.45, 2.75) is 13.5 Å². The zero-order valence-corrected chi connectivity index (χ0v) is 18.8. The predicted molar refractivity (Wildman–Crippen MR) is 135 cm³/mol. The molecule has 1 N–H and O–H groups in total. The Morgan fingerprint density at radius 1 is 0.939 bits per heavy atom. The third-order valence-electron chi connectivity index (χ3n) is 6.18. The molecule has 0 spiro atoms. The van der Waals surface area contributed by atoms with E-state index in [4.69, 9.17) is 0 Å². The van der Waals surface area contributed by atoms with Gasteiger partial charge >= 0.3 is 0 Å². The van der Waals surface area contributed by atoms with Gasteiger partial charge in [0.25, 0.3) is 5.56 Å². The molecular formula is C28H20N2O2S. The normalized spacial score (nSPS) is 14.1. The van der Waals surface area contributed by atoms with E-state index < -0.39 is 0 Å². The monoisotopic (exact) mass is 448 g/mol. The number of benzene rings is 3. The van der Waals surface area contributed by atoms with Crippen LogP contribution in [-0.2, 0) is 6.54 Å². The van der Waals surface area contributed by atoms with Crippen molar-refractivity contribution in [3.05, 3.63) is 123 Å². The van der Waals surface area contributed by atoms with Gasteiger partial charge < -0.3 is 9.67 Å². The summed E-state index contributed by atoms with van der Waals surface area (Å²) < 4.78 is 2.07. The lowest BCUT2D eigenvalue weighted by atomic mass is 9.92. The molecule has 0 atom stereocenters. The molecule has 0 aliphatic carbocycles. The molecule has 4 nitrogen and oxygen atoms in total. The van der Waals surface area contributed by atoms with Gasteiger partial charge in [0.2, 0.25) is 0 Å². The van der Waals surface area contributed by atoms with Crippen LogP contribution in [-0.4, -0.2) is 14.7 Å². The summed E-state index contributed by atoms with van der Waals surface area (Å²) in [4.78, 5) is 18.8. The first-order chi connectivity index (χ1) is 16.1. The number of rotatable bonds is 2. The molecular weight excluding hydrogens is 428 g/mol. The molecule has 0 amide bonds. The van der Waals surface area contributed by atoms with Crippen LogP contribution in [0.3, 0.4) is 0 Å². The maximum absolute atomic E-state index is 13.3. The van der Waals surface area contributed by atoms with E-state index in [1.807, 2.05) is 85.1 Å². The topological polar surface area (TPSA) is 55.1 Å². The molecule has 0 saturated heterocycles. The van der Waals surface area contributed by atoms with Crippen LogP contribution in [0.15, 0.2) is 89.0 Å². The highest BCUT2D eigenvalue weighted by Crippen LogP contribution is 2.39. The smallest absolute Gasteiger partial charge is 0.282 e. The van der Waals surface area contributed by atoms with Crippen LogP contribution < -0.4 is 5.56 Å². The number of aryl methyl sites for hydroxylation is 1. The number of hydrogen-bond acceptors (Lipinski definition) is 4. The highest BCUT2D eigenvalue weighted by molar-refractivity contribution is 7.17. The van der Waals surface area contributed by atoms with E-state index in [9.17, 15) is 9.90 Å². The second kappa shape index (κ2) is 7.57. The van der Waals surface area contributed by atoms with Crippen molar-refractivity contribution in [1.82, 2.24) is 9.55 Å². The summed E-state index contributed by atoms with van der Waals surface area (Å²) in [6, 6.07) is 25.7. The average Bonchev–Trinajstić information content (AvgIpc) is 3.30. The fraction of sp³-hybridized carbons (Fsp3) is 0.0714. The fourth-order valence-corrected chi connectivity index (χ4v) is 5.59. The standard InChI is InChI=1S/C28H20N2O2S/c1-17-11-13-19(14-12-17)25(31)23-21-10-6-5-9-20(21)15-30-26(23)29-27(32)24-22(16-33-28(24)30)18-7-3-2-4-8-18/h2-14,16,31H,15H2,1H3/b25-23-. The van der Waals surface area contributed by atoms with Crippen LogP contribution >= 0.6 is 11.3 Å². The van der Waals surface area contributed by atoms with Gasteiger partial charge in [-0.25, -0.2) is 0 Å². The van der Waals surface area contributed by atoms with Crippen LogP contribution in [0.2, 0.25) is 0 Å². The van der Waals surface area contributed by atoms with Crippen LogP contribution in [0.5, 0.6) is 0 Å². The first-order valence-electron chi connectivity index (χ1n) is 10.8. The van der Waals surface area contributed by atoms with E-state index >= 15 is 0 Å². The van der Waals surface area contributed by atoms with Crippen LogP contribution in [0.1, 0.15) is 28.1 Å². The molecule has 3 aromatic carbocycles. The summed E-state index contributed by atoms with van der Waals surface area (Å²) in [5.41, 5.74) is 6.02. The number of nitrogens with zero attached hydrogens (tertiary/aromatic N) is 2. The zero-order valence-electron chi connectivity index (χ0n) is 17.9. The molecule has 1 aliphatic rings. The van der Waals surface area contributed by atoms with Crippen molar-refractivity contribution in [2.24, 2.45) is 0 Å². The third-order valence-corrected chi connectivity index (χ3v) is 7.18. The van der Waals surface area contributed by atoms with Crippen LogP contribution in [0.4, 0.5) is 0 Å². The second-order valence-electron chi connectivity index (χ2n) is 8.27. The zero-order chi connectivity index (χ0) is 22.5. The maximum Gasteiger partial charge on any atom is 0.282 e. The van der Waals surface area contributed by atoms with E-state index in [1.165, 1.54) is 0 Å². The minimum Gasteiger partial charge on any atom is -0.507 e. The Hall–Kier alpha value is -3.96. The molecule has 0 unspecified atom stereocenters. The Labute approximate surface area is 194 Å². The summed E-state index contributed by atoms with van der Waals surface area (Å²) >= 11 is 1.54. The molecule has 2 aromatic heterocycles. The molecule has 160 valence electrons. The number of aliphatic hydroxyl groups excluding tert-OH is 1. The van der Waals surface area contributed by atoms with E-state index in [-0.39, 0.29) is 11.3 Å². The van der Waals surface area contributed by atoms with Gasteiger partial charge in [-0.05, 0) is 23.6 Å². The Morgan fingerprint density at radius 2 is 1.67 bits per heavy atom. The molecule has 5 heteroatoms. The summed E-state index contributed by atoms with van der Waals surface area (Å²) in [5.74, 6) is 0.632. The highest BCUT2D eigenvalue weighted by Gasteiger charge is 2.28. The first kappa shape index (κ1) is 19.7. The highest BCUT2D eigenvalue weighted by atomic mass is 32.1. The number of fused-ring (bicyclic) bond motifs is 4.